The van der Waals surface area contributed by atoms with E-state index in [0.29, 0.717) is 13.1 Å². The molecular weight excluding hydrogens is 293 g/mol. The summed E-state index contributed by atoms with van der Waals surface area (Å²) in [4.78, 5) is 16.1. The lowest BCUT2D eigenvalue weighted by Crippen LogP contribution is -2.48. The number of piperidine rings is 1. The van der Waals surface area contributed by atoms with Gasteiger partial charge < -0.3 is 9.80 Å². The van der Waals surface area contributed by atoms with E-state index in [1.807, 2.05) is 14.1 Å². The van der Waals surface area contributed by atoms with Crippen LogP contribution >= 0.6 is 0 Å². The van der Waals surface area contributed by atoms with Crippen LogP contribution < -0.4 is 0 Å². The molecule has 0 radical (unpaired) electrons. The number of carbonyl (C=O) groups is 1. The summed E-state index contributed by atoms with van der Waals surface area (Å²) in [7, 11) is 3.91. The highest BCUT2D eigenvalue weighted by Gasteiger charge is 2.34. The van der Waals surface area contributed by atoms with Crippen molar-refractivity contribution in [2.75, 3.05) is 27.2 Å². The Labute approximate surface area is 128 Å². The van der Waals surface area contributed by atoms with Crippen LogP contribution in [0.1, 0.15) is 24.0 Å². The Morgan fingerprint density at radius 3 is 2.64 bits per heavy atom. The van der Waals surface area contributed by atoms with Gasteiger partial charge in [-0.25, -0.2) is 0 Å². The zero-order valence-corrected chi connectivity index (χ0v) is 12.9. The normalized spacial score (nSPS) is 19.5. The molecule has 1 fully saturated rings. The summed E-state index contributed by atoms with van der Waals surface area (Å²) < 4.78 is 38.9. The van der Waals surface area contributed by atoms with Crippen LogP contribution in [-0.2, 0) is 17.4 Å². The second-order valence-corrected chi connectivity index (χ2v) is 5.93. The summed E-state index contributed by atoms with van der Waals surface area (Å²) >= 11 is 0. The van der Waals surface area contributed by atoms with Crippen molar-refractivity contribution in [2.24, 2.45) is 0 Å². The maximum absolute atomic E-state index is 13.0. The molecule has 1 aromatic carbocycles. The summed E-state index contributed by atoms with van der Waals surface area (Å²) in [5, 5.41) is 0. The fourth-order valence-electron chi connectivity index (χ4n) is 2.83. The molecular formula is C16H21F3N2O. The topological polar surface area (TPSA) is 23.6 Å². The maximum atomic E-state index is 13.0. The molecule has 1 aliphatic rings. The standard InChI is InChI=1S/C16H21F3N2O/c1-20(2)13-7-5-9-21(11-13)15(22)10-12-6-3-4-8-14(12)16(17,18)19/h3-4,6,8,13H,5,7,9-11H2,1-2H3/t13-/m0/s1. The molecule has 3 nitrogen and oxygen atoms in total. The molecule has 6 heteroatoms. The van der Waals surface area contributed by atoms with Crippen molar-refractivity contribution < 1.29 is 18.0 Å². The number of likely N-dealkylation sites (tertiary alicyclic amines) is 1. The van der Waals surface area contributed by atoms with Crippen LogP contribution in [0.15, 0.2) is 24.3 Å². The van der Waals surface area contributed by atoms with E-state index < -0.39 is 11.7 Å². The van der Waals surface area contributed by atoms with Gasteiger partial charge in [-0.05, 0) is 38.6 Å². The third-order valence-electron chi connectivity index (χ3n) is 4.14. The molecule has 2 rings (SSSR count). The minimum absolute atomic E-state index is 0.0481. The number of amides is 1. The van der Waals surface area contributed by atoms with Gasteiger partial charge >= 0.3 is 6.18 Å². The lowest BCUT2D eigenvalue weighted by atomic mass is 10.0. The lowest BCUT2D eigenvalue weighted by Gasteiger charge is -2.36. The first-order chi connectivity index (χ1) is 10.3. The van der Waals surface area contributed by atoms with Gasteiger partial charge in [0, 0.05) is 19.1 Å². The van der Waals surface area contributed by atoms with Crippen LogP contribution in [0.3, 0.4) is 0 Å². The summed E-state index contributed by atoms with van der Waals surface area (Å²) in [6, 6.07) is 5.57. The van der Waals surface area contributed by atoms with Crippen molar-refractivity contribution in [2.45, 2.75) is 31.5 Å². The van der Waals surface area contributed by atoms with E-state index in [-0.39, 0.29) is 23.9 Å². The Hall–Kier alpha value is -1.56. The van der Waals surface area contributed by atoms with Crippen LogP contribution in [0.2, 0.25) is 0 Å². The van der Waals surface area contributed by atoms with Gasteiger partial charge in [-0.3, -0.25) is 4.79 Å². The molecule has 0 spiro atoms. The molecule has 1 atom stereocenters. The van der Waals surface area contributed by atoms with Gasteiger partial charge in [-0.1, -0.05) is 18.2 Å². The van der Waals surface area contributed by atoms with Gasteiger partial charge in [0.2, 0.25) is 5.91 Å². The molecule has 0 aromatic heterocycles. The number of nitrogens with zero attached hydrogens (tertiary/aromatic N) is 2. The van der Waals surface area contributed by atoms with Crippen molar-refractivity contribution in [3.63, 3.8) is 0 Å². The molecule has 1 aromatic rings. The van der Waals surface area contributed by atoms with E-state index in [9.17, 15) is 18.0 Å². The fourth-order valence-corrected chi connectivity index (χ4v) is 2.83. The number of likely N-dealkylation sites (N-methyl/N-ethyl adjacent to an activating group) is 1. The maximum Gasteiger partial charge on any atom is 0.416 e. The van der Waals surface area contributed by atoms with Crippen molar-refractivity contribution >= 4 is 5.91 Å². The Morgan fingerprint density at radius 1 is 1.32 bits per heavy atom. The molecule has 0 N–H and O–H groups in total. The zero-order chi connectivity index (χ0) is 16.3. The summed E-state index contributed by atoms with van der Waals surface area (Å²) in [6.45, 7) is 1.21. The second kappa shape index (κ2) is 6.69. The molecule has 0 bridgehead atoms. The molecule has 0 saturated carbocycles. The molecule has 122 valence electrons. The van der Waals surface area contributed by atoms with E-state index >= 15 is 0 Å². The number of hydrogen-bond donors (Lipinski definition) is 0. The third-order valence-corrected chi connectivity index (χ3v) is 4.14. The Balaban J connectivity index is 2.09. The zero-order valence-electron chi connectivity index (χ0n) is 12.9. The number of carbonyl (C=O) groups excluding carboxylic acids is 1. The van der Waals surface area contributed by atoms with Crippen LogP contribution in [0.4, 0.5) is 13.2 Å². The van der Waals surface area contributed by atoms with E-state index in [1.165, 1.54) is 18.2 Å². The molecule has 1 amide bonds. The van der Waals surface area contributed by atoms with Gasteiger partial charge in [0.1, 0.15) is 0 Å². The quantitative estimate of drug-likeness (QED) is 0.856. The fraction of sp³-hybridized carbons (Fsp3) is 0.562. The van der Waals surface area contributed by atoms with Crippen LogP contribution in [-0.4, -0.2) is 48.9 Å². The Morgan fingerprint density at radius 2 is 2.00 bits per heavy atom. The van der Waals surface area contributed by atoms with Gasteiger partial charge in [-0.2, -0.15) is 13.2 Å². The highest BCUT2D eigenvalue weighted by Crippen LogP contribution is 2.32. The minimum Gasteiger partial charge on any atom is -0.341 e. The molecule has 0 unspecified atom stereocenters. The van der Waals surface area contributed by atoms with E-state index in [1.54, 1.807) is 4.90 Å². The third kappa shape index (κ3) is 4.00. The Bertz CT molecular complexity index is 528. The second-order valence-electron chi connectivity index (χ2n) is 5.93. The monoisotopic (exact) mass is 314 g/mol. The van der Waals surface area contributed by atoms with Gasteiger partial charge in [0.05, 0.1) is 12.0 Å². The SMILES string of the molecule is CN(C)[C@H]1CCCN(C(=O)Cc2ccccc2C(F)(F)F)C1. The average molecular weight is 314 g/mol. The first-order valence-corrected chi connectivity index (χ1v) is 7.38. The van der Waals surface area contributed by atoms with Crippen LogP contribution in [0.25, 0.3) is 0 Å². The number of hydrogen-bond acceptors (Lipinski definition) is 2. The predicted octanol–water partition coefficient (Wildman–Crippen LogP) is 2.80. The number of rotatable bonds is 3. The van der Waals surface area contributed by atoms with E-state index in [2.05, 4.69) is 4.90 Å². The van der Waals surface area contributed by atoms with Gasteiger partial charge in [0.15, 0.2) is 0 Å². The van der Waals surface area contributed by atoms with Crippen LogP contribution in [0.5, 0.6) is 0 Å². The molecule has 1 aliphatic heterocycles. The first kappa shape index (κ1) is 16.8. The van der Waals surface area contributed by atoms with Crippen LogP contribution in [0, 0.1) is 0 Å². The highest BCUT2D eigenvalue weighted by atomic mass is 19.4. The van der Waals surface area contributed by atoms with E-state index in [4.69, 9.17) is 0 Å². The molecule has 1 heterocycles. The van der Waals surface area contributed by atoms with E-state index in [0.717, 1.165) is 18.9 Å². The molecule has 22 heavy (non-hydrogen) atoms. The van der Waals surface area contributed by atoms with Gasteiger partial charge in [-0.15, -0.1) is 0 Å². The van der Waals surface area contributed by atoms with Crippen molar-refractivity contribution in [1.29, 1.82) is 0 Å². The summed E-state index contributed by atoms with van der Waals surface area (Å²) in [6.07, 6.45) is -2.73. The molecule has 1 saturated heterocycles. The predicted molar refractivity (Wildman–Crippen MR) is 78.4 cm³/mol. The van der Waals surface area contributed by atoms with Crippen molar-refractivity contribution in [3.8, 4) is 0 Å². The number of halogens is 3. The Kier molecular flexibility index (Phi) is 5.11. The van der Waals surface area contributed by atoms with Crippen molar-refractivity contribution in [3.05, 3.63) is 35.4 Å². The number of benzene rings is 1. The van der Waals surface area contributed by atoms with Crippen molar-refractivity contribution in [1.82, 2.24) is 9.80 Å². The summed E-state index contributed by atoms with van der Waals surface area (Å²) in [5.41, 5.74) is -0.670. The van der Waals surface area contributed by atoms with Gasteiger partial charge in [0.25, 0.3) is 0 Å². The largest absolute Gasteiger partial charge is 0.416 e. The first-order valence-electron chi connectivity index (χ1n) is 7.38. The number of alkyl halides is 3. The minimum atomic E-state index is -4.43. The summed E-state index contributed by atoms with van der Waals surface area (Å²) in [5.74, 6) is -0.233. The highest BCUT2D eigenvalue weighted by molar-refractivity contribution is 5.79. The average Bonchev–Trinajstić information content (AvgIpc) is 2.46. The molecule has 0 aliphatic carbocycles. The smallest absolute Gasteiger partial charge is 0.341 e. The lowest BCUT2D eigenvalue weighted by molar-refractivity contribution is -0.139.